The van der Waals surface area contributed by atoms with Crippen LogP contribution in [0.5, 0.6) is 0 Å². The minimum absolute atomic E-state index is 0.00281. The zero-order chi connectivity index (χ0) is 22.5. The number of benzene rings is 1. The number of thioether (sulfide) groups is 1. The second kappa shape index (κ2) is 7.25. The Kier molecular flexibility index (Phi) is 5.33. The van der Waals surface area contributed by atoms with Crippen molar-refractivity contribution < 1.29 is 37.3 Å². The average molecular weight is 457 g/mol. The van der Waals surface area contributed by atoms with Crippen molar-refractivity contribution in [1.29, 1.82) is 0 Å². The first-order chi connectivity index (χ1) is 13.9. The van der Waals surface area contributed by atoms with Crippen LogP contribution in [-0.2, 0) is 29.3 Å². The third-order valence-corrected chi connectivity index (χ3v) is 7.90. The molecule has 0 bridgehead atoms. The number of aliphatic carboxylic acids is 1. The number of hydrogen-bond acceptors (Lipinski definition) is 7. The zero-order valence-electron chi connectivity index (χ0n) is 15.8. The van der Waals surface area contributed by atoms with Gasteiger partial charge < -0.3 is 15.7 Å². The second-order valence-electron chi connectivity index (χ2n) is 7.30. The van der Waals surface area contributed by atoms with Gasteiger partial charge in [0.2, 0.25) is 18.0 Å². The van der Waals surface area contributed by atoms with Crippen molar-refractivity contribution in [3.8, 4) is 0 Å². The van der Waals surface area contributed by atoms with Crippen molar-refractivity contribution in [3.63, 3.8) is 0 Å². The highest BCUT2D eigenvalue weighted by Crippen LogP contribution is 2.55. The number of carboxylic acid groups (broad SMARTS) is 1. The lowest BCUT2D eigenvalue weighted by atomic mass is 9.88. The standard InChI is InChI=1S/C17H19N3O8S2/c1-16(2)17(15(24)25,18-8-21)20-13(23)10(14(20)29-16)19-12(22)11(30(26,27)28)9-6-4-3-5-7-9/h3-8,10-11,14H,1-2H3,(H,18,21)(H,19,22)(H,24,25)(H,26,27,28)/t10-,11-,14-,17+/m1/s1. The lowest BCUT2D eigenvalue weighted by Gasteiger charge is -2.49. The summed E-state index contributed by atoms with van der Waals surface area (Å²) in [7, 11) is -4.85. The quantitative estimate of drug-likeness (QED) is 0.235. The van der Waals surface area contributed by atoms with Crippen LogP contribution < -0.4 is 10.6 Å². The van der Waals surface area contributed by atoms with E-state index in [2.05, 4.69) is 10.6 Å². The van der Waals surface area contributed by atoms with E-state index in [9.17, 15) is 37.3 Å². The number of carboxylic acids is 1. The second-order valence-corrected chi connectivity index (χ2v) is 10.5. The summed E-state index contributed by atoms with van der Waals surface area (Å²) in [5, 5.41) is 11.4. The Labute approximate surface area is 175 Å². The molecule has 30 heavy (non-hydrogen) atoms. The number of nitrogens with one attached hydrogen (secondary N) is 2. The monoisotopic (exact) mass is 457 g/mol. The van der Waals surface area contributed by atoms with Crippen LogP contribution in [0.2, 0.25) is 0 Å². The molecular weight excluding hydrogens is 438 g/mol. The minimum atomic E-state index is -4.85. The van der Waals surface area contributed by atoms with Gasteiger partial charge in [-0.25, -0.2) is 4.79 Å². The van der Waals surface area contributed by atoms with E-state index in [-0.39, 0.29) is 12.0 Å². The normalized spacial score (nSPS) is 28.1. The third-order valence-electron chi connectivity index (χ3n) is 5.20. The number of amides is 3. The first kappa shape index (κ1) is 22.1. The SMILES string of the molecule is CC1(C)S[C@@H]2[C@H](NC(=O)[C@@H](c3ccccc3)S(=O)(=O)O)C(=O)N2[C@@]1(NC=O)C(=O)O. The van der Waals surface area contributed by atoms with Crippen LogP contribution in [0, 0.1) is 0 Å². The number of rotatable bonds is 7. The molecule has 4 N–H and O–H groups in total. The molecule has 2 saturated heterocycles. The summed E-state index contributed by atoms with van der Waals surface area (Å²) in [6, 6.07) is 6.01. The van der Waals surface area contributed by atoms with E-state index in [1.54, 1.807) is 6.07 Å². The predicted octanol–water partition coefficient (Wildman–Crippen LogP) is -0.679. The maximum atomic E-state index is 12.7. The summed E-state index contributed by atoms with van der Waals surface area (Å²) < 4.78 is 32.0. The average Bonchev–Trinajstić information content (AvgIpc) is 2.85. The van der Waals surface area contributed by atoms with Crippen molar-refractivity contribution in [2.45, 2.75) is 40.9 Å². The molecule has 2 fully saturated rings. The van der Waals surface area contributed by atoms with E-state index >= 15 is 0 Å². The molecule has 13 heteroatoms. The topological polar surface area (TPSA) is 170 Å². The van der Waals surface area contributed by atoms with E-state index in [0.717, 1.165) is 16.7 Å². The highest BCUT2D eigenvalue weighted by molar-refractivity contribution is 8.01. The third kappa shape index (κ3) is 3.13. The van der Waals surface area contributed by atoms with Gasteiger partial charge in [0.1, 0.15) is 11.4 Å². The van der Waals surface area contributed by atoms with Gasteiger partial charge in [-0.05, 0) is 19.4 Å². The Bertz CT molecular complexity index is 1010. The van der Waals surface area contributed by atoms with Crippen LogP contribution in [0.25, 0.3) is 0 Å². The number of carbonyl (C=O) groups is 4. The minimum Gasteiger partial charge on any atom is -0.478 e. The van der Waals surface area contributed by atoms with Crippen LogP contribution in [-0.4, -0.2) is 69.0 Å². The Morgan fingerprint density at radius 3 is 2.37 bits per heavy atom. The molecule has 0 aromatic heterocycles. The van der Waals surface area contributed by atoms with E-state index in [1.807, 2.05) is 0 Å². The molecule has 3 amide bonds. The van der Waals surface area contributed by atoms with E-state index in [4.69, 9.17) is 0 Å². The molecule has 11 nitrogen and oxygen atoms in total. The van der Waals surface area contributed by atoms with Crippen molar-refractivity contribution in [2.24, 2.45) is 0 Å². The molecule has 1 aromatic carbocycles. The maximum absolute atomic E-state index is 12.7. The highest BCUT2D eigenvalue weighted by atomic mass is 32.2. The number of nitrogens with zero attached hydrogens (tertiary/aromatic N) is 1. The number of β-lactam (4-membered cyclic amide) rings is 1. The molecular formula is C17H19N3O8S2. The van der Waals surface area contributed by atoms with Crippen LogP contribution in [0.15, 0.2) is 30.3 Å². The summed E-state index contributed by atoms with van der Waals surface area (Å²) in [5.41, 5.74) is -2.03. The van der Waals surface area contributed by atoms with Crippen molar-refractivity contribution in [1.82, 2.24) is 15.5 Å². The summed E-state index contributed by atoms with van der Waals surface area (Å²) >= 11 is 1.04. The molecule has 0 aliphatic carbocycles. The lowest BCUT2D eigenvalue weighted by molar-refractivity contribution is -0.175. The largest absolute Gasteiger partial charge is 0.478 e. The zero-order valence-corrected chi connectivity index (χ0v) is 17.4. The van der Waals surface area contributed by atoms with Gasteiger partial charge >= 0.3 is 5.97 Å². The molecule has 0 spiro atoms. The fourth-order valence-corrected chi connectivity index (χ4v) is 6.36. The summed E-state index contributed by atoms with van der Waals surface area (Å²) in [6.45, 7) is 3.05. The van der Waals surface area contributed by atoms with Crippen LogP contribution in [0.4, 0.5) is 0 Å². The van der Waals surface area contributed by atoms with Crippen LogP contribution >= 0.6 is 11.8 Å². The molecule has 0 saturated carbocycles. The predicted molar refractivity (Wildman–Crippen MR) is 105 cm³/mol. The number of fused-ring (bicyclic) bond motifs is 1. The molecule has 1 aromatic rings. The summed E-state index contributed by atoms with van der Waals surface area (Å²) in [4.78, 5) is 49.4. The van der Waals surface area contributed by atoms with Gasteiger partial charge in [0, 0.05) is 0 Å². The Morgan fingerprint density at radius 1 is 1.27 bits per heavy atom. The number of carbonyl (C=O) groups excluding carboxylic acids is 3. The van der Waals surface area contributed by atoms with E-state index in [0.29, 0.717) is 0 Å². The smallest absolute Gasteiger partial charge is 0.352 e. The molecule has 2 heterocycles. The molecule has 0 radical (unpaired) electrons. The van der Waals surface area contributed by atoms with E-state index < -0.39 is 55.0 Å². The summed E-state index contributed by atoms with van der Waals surface area (Å²) in [5.74, 6) is -3.38. The van der Waals surface area contributed by atoms with Gasteiger partial charge in [-0.15, -0.1) is 11.8 Å². The van der Waals surface area contributed by atoms with Crippen LogP contribution in [0.3, 0.4) is 0 Å². The van der Waals surface area contributed by atoms with Gasteiger partial charge in [-0.1, -0.05) is 30.3 Å². The van der Waals surface area contributed by atoms with E-state index in [1.165, 1.54) is 38.1 Å². The molecule has 4 atom stereocenters. The van der Waals surface area contributed by atoms with Gasteiger partial charge in [0.15, 0.2) is 5.25 Å². The first-order valence-electron chi connectivity index (χ1n) is 8.66. The summed E-state index contributed by atoms with van der Waals surface area (Å²) in [6.07, 6.45) is 0.182. The Balaban J connectivity index is 1.90. The first-order valence-corrected chi connectivity index (χ1v) is 11.0. The Morgan fingerprint density at radius 2 is 1.87 bits per heavy atom. The van der Waals surface area contributed by atoms with Crippen molar-refractivity contribution >= 4 is 46.1 Å². The van der Waals surface area contributed by atoms with Crippen molar-refractivity contribution in [2.75, 3.05) is 0 Å². The fourth-order valence-electron chi connectivity index (χ4n) is 3.82. The highest BCUT2D eigenvalue weighted by Gasteiger charge is 2.73. The van der Waals surface area contributed by atoms with Gasteiger partial charge in [-0.3, -0.25) is 23.8 Å². The number of hydrogen-bond donors (Lipinski definition) is 4. The lowest BCUT2D eigenvalue weighted by Crippen LogP contribution is -2.79. The fraction of sp³-hybridized carbons (Fsp3) is 0.412. The van der Waals surface area contributed by atoms with Gasteiger partial charge in [0.05, 0.1) is 4.75 Å². The molecule has 3 rings (SSSR count). The maximum Gasteiger partial charge on any atom is 0.352 e. The molecule has 0 unspecified atom stereocenters. The van der Waals surface area contributed by atoms with Crippen molar-refractivity contribution in [3.05, 3.63) is 35.9 Å². The molecule has 2 aliphatic rings. The van der Waals surface area contributed by atoms with Crippen LogP contribution in [0.1, 0.15) is 24.7 Å². The van der Waals surface area contributed by atoms with Gasteiger partial charge in [-0.2, -0.15) is 8.42 Å². The molecule has 162 valence electrons. The molecule has 2 aliphatic heterocycles. The Hall–Kier alpha value is -2.64. The van der Waals surface area contributed by atoms with Gasteiger partial charge in [0.25, 0.3) is 16.0 Å².